The fraction of sp³-hybridized carbons (Fsp3) is 0.318. The van der Waals surface area contributed by atoms with E-state index >= 15 is 0 Å². The van der Waals surface area contributed by atoms with Crippen molar-refractivity contribution in [1.29, 1.82) is 0 Å². The number of ether oxygens (including phenoxy) is 6. The first-order valence-electron chi connectivity index (χ1n) is 9.29. The van der Waals surface area contributed by atoms with Crippen LogP contribution in [0.25, 0.3) is 0 Å². The van der Waals surface area contributed by atoms with E-state index in [1.807, 2.05) is 18.2 Å². The molecule has 2 aliphatic rings. The summed E-state index contributed by atoms with van der Waals surface area (Å²) < 4.78 is 32.9. The lowest BCUT2D eigenvalue weighted by Gasteiger charge is -2.30. The minimum absolute atomic E-state index is 0.175. The summed E-state index contributed by atoms with van der Waals surface area (Å²) in [7, 11) is 7.82. The van der Waals surface area contributed by atoms with Gasteiger partial charge in [-0.25, -0.2) is 4.79 Å². The number of methoxy groups -OCH3 is 5. The van der Waals surface area contributed by atoms with Gasteiger partial charge in [-0.1, -0.05) is 0 Å². The molecule has 0 radical (unpaired) electrons. The summed E-state index contributed by atoms with van der Waals surface area (Å²) in [6, 6.07) is 7.33. The summed E-state index contributed by atoms with van der Waals surface area (Å²) in [5, 5.41) is 3.30. The summed E-state index contributed by atoms with van der Waals surface area (Å²) in [4.78, 5) is 12.7. The number of carbonyl (C=O) groups is 1. The van der Waals surface area contributed by atoms with Crippen LogP contribution in [0.15, 0.2) is 35.5 Å². The van der Waals surface area contributed by atoms with Crippen LogP contribution in [0.3, 0.4) is 0 Å². The van der Waals surface area contributed by atoms with Gasteiger partial charge in [-0.05, 0) is 17.7 Å². The third-order valence-electron chi connectivity index (χ3n) is 5.35. The van der Waals surface area contributed by atoms with E-state index in [4.69, 9.17) is 28.4 Å². The van der Waals surface area contributed by atoms with E-state index in [1.54, 1.807) is 41.6 Å². The minimum Gasteiger partial charge on any atom is -0.497 e. The molecule has 0 saturated carbocycles. The molecule has 0 saturated heterocycles. The van der Waals surface area contributed by atoms with Gasteiger partial charge in [0.2, 0.25) is 5.75 Å². The van der Waals surface area contributed by atoms with Crippen LogP contribution in [-0.4, -0.2) is 48.1 Å². The lowest BCUT2D eigenvalue weighted by molar-refractivity contribution is -0.136. The molecule has 2 aromatic carbocycles. The van der Waals surface area contributed by atoms with Gasteiger partial charge in [0.15, 0.2) is 11.5 Å². The monoisotopic (exact) mass is 413 g/mol. The smallest absolute Gasteiger partial charge is 0.337 e. The number of anilines is 1. The SMILES string of the molecule is COc1cc2c(c(OC)c1)C(c1cc(OC)c(OC)c(OC)c1)C1=C(COC1=O)N2. The lowest BCUT2D eigenvalue weighted by atomic mass is 9.80. The number of carbonyl (C=O) groups excluding carboxylic acids is 1. The third kappa shape index (κ3) is 2.96. The highest BCUT2D eigenvalue weighted by molar-refractivity contribution is 5.98. The Kier molecular flexibility index (Phi) is 5.07. The summed E-state index contributed by atoms with van der Waals surface area (Å²) in [5.41, 5.74) is 3.59. The Hall–Kier alpha value is -3.55. The summed E-state index contributed by atoms with van der Waals surface area (Å²) in [6.45, 7) is 0.175. The number of nitrogens with one attached hydrogen (secondary N) is 1. The number of benzene rings is 2. The van der Waals surface area contributed by atoms with Crippen molar-refractivity contribution in [2.45, 2.75) is 5.92 Å². The molecule has 2 heterocycles. The van der Waals surface area contributed by atoms with Crippen LogP contribution in [0.2, 0.25) is 0 Å². The fourth-order valence-corrected chi connectivity index (χ4v) is 4.01. The normalized spacial score (nSPS) is 16.8. The molecule has 2 aromatic rings. The maximum absolute atomic E-state index is 12.7. The molecule has 1 unspecified atom stereocenters. The largest absolute Gasteiger partial charge is 0.497 e. The molecule has 2 aliphatic heterocycles. The van der Waals surface area contributed by atoms with Crippen molar-refractivity contribution in [2.75, 3.05) is 47.5 Å². The first-order chi connectivity index (χ1) is 14.6. The average Bonchev–Trinajstić information content (AvgIpc) is 3.15. The topological polar surface area (TPSA) is 84.5 Å². The van der Waals surface area contributed by atoms with E-state index in [-0.39, 0.29) is 12.6 Å². The van der Waals surface area contributed by atoms with Crippen LogP contribution < -0.4 is 29.0 Å². The van der Waals surface area contributed by atoms with Gasteiger partial charge in [0, 0.05) is 29.3 Å². The predicted octanol–water partition coefficient (Wildman–Crippen LogP) is 3.10. The summed E-state index contributed by atoms with van der Waals surface area (Å²) in [6.07, 6.45) is 0. The zero-order valence-corrected chi connectivity index (χ0v) is 17.5. The maximum Gasteiger partial charge on any atom is 0.337 e. The van der Waals surface area contributed by atoms with Crippen molar-refractivity contribution >= 4 is 11.7 Å². The molecule has 30 heavy (non-hydrogen) atoms. The van der Waals surface area contributed by atoms with Crippen molar-refractivity contribution in [3.8, 4) is 28.7 Å². The Morgan fingerprint density at radius 2 is 1.53 bits per heavy atom. The van der Waals surface area contributed by atoms with Crippen molar-refractivity contribution in [3.05, 3.63) is 46.7 Å². The van der Waals surface area contributed by atoms with E-state index in [0.717, 1.165) is 16.8 Å². The zero-order valence-electron chi connectivity index (χ0n) is 17.5. The van der Waals surface area contributed by atoms with Crippen LogP contribution in [-0.2, 0) is 9.53 Å². The molecule has 0 aromatic heterocycles. The number of hydrogen-bond acceptors (Lipinski definition) is 8. The van der Waals surface area contributed by atoms with Crippen LogP contribution in [0.1, 0.15) is 17.0 Å². The van der Waals surface area contributed by atoms with Crippen molar-refractivity contribution < 1.29 is 33.2 Å². The van der Waals surface area contributed by atoms with Gasteiger partial charge in [0.05, 0.1) is 46.8 Å². The Balaban J connectivity index is 2.00. The minimum atomic E-state index is -0.458. The van der Waals surface area contributed by atoms with Crippen LogP contribution >= 0.6 is 0 Å². The van der Waals surface area contributed by atoms with Gasteiger partial charge in [0.1, 0.15) is 18.1 Å². The van der Waals surface area contributed by atoms with Gasteiger partial charge < -0.3 is 33.7 Å². The number of rotatable bonds is 6. The van der Waals surface area contributed by atoms with Gasteiger partial charge in [-0.2, -0.15) is 0 Å². The Morgan fingerprint density at radius 1 is 0.867 bits per heavy atom. The standard InChI is InChI=1S/C22H23NO7/c1-25-12-8-13-19(15(9-12)26-2)18(20-14(23-13)10-30-22(20)24)11-6-16(27-3)21(29-5)17(7-11)28-4/h6-9,18,23H,10H2,1-5H3. The van der Waals surface area contributed by atoms with Gasteiger partial charge >= 0.3 is 5.97 Å². The Labute approximate surface area is 174 Å². The number of cyclic esters (lactones) is 1. The quantitative estimate of drug-likeness (QED) is 0.724. The average molecular weight is 413 g/mol. The fourth-order valence-electron chi connectivity index (χ4n) is 4.01. The molecule has 0 amide bonds. The van der Waals surface area contributed by atoms with Crippen molar-refractivity contribution in [2.24, 2.45) is 0 Å². The van der Waals surface area contributed by atoms with Crippen molar-refractivity contribution in [1.82, 2.24) is 0 Å². The molecule has 8 nitrogen and oxygen atoms in total. The molecule has 0 aliphatic carbocycles. The molecule has 1 atom stereocenters. The van der Waals surface area contributed by atoms with E-state index in [1.165, 1.54) is 0 Å². The van der Waals surface area contributed by atoms with Gasteiger partial charge in [0.25, 0.3) is 0 Å². The number of esters is 1. The third-order valence-corrected chi connectivity index (χ3v) is 5.35. The first-order valence-corrected chi connectivity index (χ1v) is 9.29. The van der Waals surface area contributed by atoms with Gasteiger partial charge in [-0.15, -0.1) is 0 Å². The molecule has 4 rings (SSSR count). The number of fused-ring (bicyclic) bond motifs is 1. The van der Waals surface area contributed by atoms with E-state index < -0.39 is 5.92 Å². The zero-order chi connectivity index (χ0) is 21.4. The van der Waals surface area contributed by atoms with E-state index in [2.05, 4.69) is 5.32 Å². The highest BCUT2D eigenvalue weighted by atomic mass is 16.5. The first kappa shape index (κ1) is 19.8. The number of hydrogen-bond donors (Lipinski definition) is 1. The second-order valence-electron chi connectivity index (χ2n) is 6.78. The Morgan fingerprint density at radius 3 is 2.10 bits per heavy atom. The van der Waals surface area contributed by atoms with Crippen LogP contribution in [0, 0.1) is 0 Å². The summed E-state index contributed by atoms with van der Waals surface area (Å²) >= 11 is 0. The summed E-state index contributed by atoms with van der Waals surface area (Å²) in [5.74, 6) is 1.85. The molecular formula is C22H23NO7. The van der Waals surface area contributed by atoms with Gasteiger partial charge in [-0.3, -0.25) is 0 Å². The van der Waals surface area contributed by atoms with Crippen LogP contribution in [0.5, 0.6) is 28.7 Å². The molecule has 0 bridgehead atoms. The highest BCUT2D eigenvalue weighted by Gasteiger charge is 2.41. The highest BCUT2D eigenvalue weighted by Crippen LogP contribution is 2.51. The molecule has 0 spiro atoms. The molecule has 0 fully saturated rings. The molecule has 1 N–H and O–H groups in total. The van der Waals surface area contributed by atoms with Crippen LogP contribution in [0.4, 0.5) is 5.69 Å². The van der Waals surface area contributed by atoms with E-state index in [0.29, 0.717) is 40.0 Å². The van der Waals surface area contributed by atoms with E-state index in [9.17, 15) is 4.79 Å². The maximum atomic E-state index is 12.7. The molecular weight excluding hydrogens is 390 g/mol. The molecule has 8 heteroatoms. The Bertz CT molecular complexity index is 1020. The predicted molar refractivity (Wildman–Crippen MR) is 109 cm³/mol. The second kappa shape index (κ2) is 7.70. The lowest BCUT2D eigenvalue weighted by Crippen LogP contribution is -2.21. The second-order valence-corrected chi connectivity index (χ2v) is 6.78. The van der Waals surface area contributed by atoms with Crippen molar-refractivity contribution in [3.63, 3.8) is 0 Å². The molecule has 158 valence electrons.